The van der Waals surface area contributed by atoms with Crippen LogP contribution in [0.3, 0.4) is 0 Å². The third kappa shape index (κ3) is 5.06. The lowest BCUT2D eigenvalue weighted by Crippen LogP contribution is -2.19. The van der Waals surface area contributed by atoms with E-state index in [1.807, 2.05) is 6.92 Å². The topological polar surface area (TPSA) is 78.9 Å². The van der Waals surface area contributed by atoms with Crippen LogP contribution in [0.4, 0.5) is 19.0 Å². The Morgan fingerprint density at radius 1 is 1.25 bits per heavy atom. The van der Waals surface area contributed by atoms with Gasteiger partial charge in [0.25, 0.3) is 0 Å². The summed E-state index contributed by atoms with van der Waals surface area (Å²) in [5.74, 6) is 1.13. The number of nitrogen functional groups attached to an aromatic ring is 1. The maximum atomic E-state index is 12.0. The molecule has 0 aliphatic heterocycles. The maximum Gasteiger partial charge on any atom is 0.421 e. The van der Waals surface area contributed by atoms with Crippen LogP contribution in [0.2, 0.25) is 5.28 Å². The standard InChI is InChI=1S/C13H20N2O.C5H3ClF3N3/c1-10-13(16-9-11-4-2-5-11)8-15(14-10)12-6-3-7-12;6-4-11-1-2(3(10)12-4)5(7,8)9/h8,11-12H,2-7,9H2,1H3;1H,(H2,10,11,12). The van der Waals surface area contributed by atoms with Gasteiger partial charge in [0.1, 0.15) is 17.1 Å². The number of anilines is 1. The number of ether oxygens (including phenoxy) is 1. The molecule has 4 rings (SSSR count). The van der Waals surface area contributed by atoms with Gasteiger partial charge in [0, 0.05) is 6.20 Å². The first-order chi connectivity index (χ1) is 13.2. The van der Waals surface area contributed by atoms with E-state index in [1.165, 1.54) is 38.5 Å². The molecule has 2 fully saturated rings. The van der Waals surface area contributed by atoms with Gasteiger partial charge in [0.05, 0.1) is 18.8 Å². The Morgan fingerprint density at radius 3 is 2.43 bits per heavy atom. The molecule has 2 heterocycles. The van der Waals surface area contributed by atoms with Crippen LogP contribution in [0, 0.1) is 12.8 Å². The molecular weight excluding hydrogens is 395 g/mol. The Hall–Kier alpha value is -2.03. The number of nitrogens with zero attached hydrogens (tertiary/aromatic N) is 4. The number of alkyl halides is 3. The van der Waals surface area contributed by atoms with E-state index in [-0.39, 0.29) is 5.28 Å². The normalized spacial score (nSPS) is 17.3. The van der Waals surface area contributed by atoms with E-state index in [2.05, 4.69) is 25.9 Å². The maximum absolute atomic E-state index is 12.0. The molecule has 2 aromatic rings. The number of hydrogen-bond acceptors (Lipinski definition) is 5. The minimum Gasteiger partial charge on any atom is -0.490 e. The summed E-state index contributed by atoms with van der Waals surface area (Å²) in [7, 11) is 0. The Morgan fingerprint density at radius 2 is 1.93 bits per heavy atom. The zero-order chi connectivity index (χ0) is 20.3. The van der Waals surface area contributed by atoms with Crippen molar-refractivity contribution >= 4 is 17.4 Å². The predicted molar refractivity (Wildman–Crippen MR) is 99.1 cm³/mol. The highest BCUT2D eigenvalue weighted by Gasteiger charge is 2.34. The number of aromatic nitrogens is 4. The molecule has 0 saturated heterocycles. The van der Waals surface area contributed by atoms with Crippen molar-refractivity contribution in [3.8, 4) is 5.75 Å². The Bertz CT molecular complexity index is 803. The number of hydrogen-bond donors (Lipinski definition) is 1. The fourth-order valence-electron chi connectivity index (χ4n) is 2.90. The number of aryl methyl sites for hydroxylation is 1. The van der Waals surface area contributed by atoms with Gasteiger partial charge in [0.15, 0.2) is 5.75 Å². The summed E-state index contributed by atoms with van der Waals surface area (Å²) in [6, 6.07) is 0.639. The highest BCUT2D eigenvalue weighted by molar-refractivity contribution is 6.28. The van der Waals surface area contributed by atoms with Crippen molar-refractivity contribution < 1.29 is 17.9 Å². The van der Waals surface area contributed by atoms with Gasteiger partial charge in [-0.25, -0.2) is 9.97 Å². The SMILES string of the molecule is Cc1nn(C2CCC2)cc1OCC1CCC1.Nc1nc(Cl)ncc1C(F)(F)F. The summed E-state index contributed by atoms with van der Waals surface area (Å²) in [6.45, 7) is 2.93. The van der Waals surface area contributed by atoms with Crippen molar-refractivity contribution in [2.75, 3.05) is 12.3 Å². The van der Waals surface area contributed by atoms with Crippen LogP contribution in [0.25, 0.3) is 0 Å². The Labute approximate surface area is 166 Å². The van der Waals surface area contributed by atoms with Crippen LogP contribution in [0.5, 0.6) is 5.75 Å². The molecular formula is C18H23ClF3N5O. The van der Waals surface area contributed by atoms with Gasteiger partial charge in [-0.05, 0) is 56.5 Å². The molecule has 0 atom stereocenters. The van der Waals surface area contributed by atoms with E-state index in [0.29, 0.717) is 12.2 Å². The first-order valence-corrected chi connectivity index (χ1v) is 9.65. The van der Waals surface area contributed by atoms with Crippen molar-refractivity contribution in [1.29, 1.82) is 0 Å². The summed E-state index contributed by atoms with van der Waals surface area (Å²) >= 11 is 5.20. The smallest absolute Gasteiger partial charge is 0.421 e. The summed E-state index contributed by atoms with van der Waals surface area (Å²) in [4.78, 5) is 6.31. The molecule has 0 bridgehead atoms. The van der Waals surface area contributed by atoms with Gasteiger partial charge in [0.2, 0.25) is 5.28 Å². The van der Waals surface area contributed by atoms with E-state index in [4.69, 9.17) is 22.1 Å². The average Bonchev–Trinajstić information content (AvgIpc) is 2.83. The van der Waals surface area contributed by atoms with E-state index < -0.39 is 17.6 Å². The zero-order valence-electron chi connectivity index (χ0n) is 15.5. The van der Waals surface area contributed by atoms with Gasteiger partial charge in [-0.2, -0.15) is 18.3 Å². The molecule has 10 heteroatoms. The molecule has 0 radical (unpaired) electrons. The summed E-state index contributed by atoms with van der Waals surface area (Å²) in [5, 5.41) is 4.24. The average molecular weight is 418 g/mol. The molecule has 0 aromatic carbocycles. The van der Waals surface area contributed by atoms with Crippen LogP contribution >= 0.6 is 11.6 Å². The zero-order valence-corrected chi connectivity index (χ0v) is 16.3. The van der Waals surface area contributed by atoms with Crippen molar-refractivity contribution in [2.45, 2.75) is 57.7 Å². The molecule has 2 N–H and O–H groups in total. The third-order valence-electron chi connectivity index (χ3n) is 5.11. The lowest BCUT2D eigenvalue weighted by Gasteiger charge is -2.25. The minimum atomic E-state index is -4.53. The molecule has 0 spiro atoms. The van der Waals surface area contributed by atoms with Crippen LogP contribution in [0.1, 0.15) is 55.8 Å². The molecule has 2 saturated carbocycles. The fraction of sp³-hybridized carbons (Fsp3) is 0.611. The van der Waals surface area contributed by atoms with E-state index in [1.54, 1.807) is 0 Å². The van der Waals surface area contributed by atoms with Crippen molar-refractivity contribution in [3.63, 3.8) is 0 Å². The van der Waals surface area contributed by atoms with Gasteiger partial charge < -0.3 is 10.5 Å². The van der Waals surface area contributed by atoms with Gasteiger partial charge in [-0.15, -0.1) is 0 Å². The number of nitrogens with two attached hydrogens (primary N) is 1. The molecule has 2 aliphatic rings. The number of rotatable bonds is 4. The van der Waals surface area contributed by atoms with Crippen LogP contribution in [-0.4, -0.2) is 26.4 Å². The molecule has 154 valence electrons. The predicted octanol–water partition coefficient (Wildman–Crippen LogP) is 4.83. The molecule has 2 aliphatic carbocycles. The van der Waals surface area contributed by atoms with Crippen molar-refractivity contribution in [2.24, 2.45) is 5.92 Å². The third-order valence-corrected chi connectivity index (χ3v) is 5.30. The second-order valence-corrected chi connectivity index (χ2v) is 7.53. The lowest BCUT2D eigenvalue weighted by molar-refractivity contribution is -0.137. The highest BCUT2D eigenvalue weighted by Crippen LogP contribution is 2.34. The van der Waals surface area contributed by atoms with E-state index in [0.717, 1.165) is 24.0 Å². The first-order valence-electron chi connectivity index (χ1n) is 9.28. The van der Waals surface area contributed by atoms with Gasteiger partial charge >= 0.3 is 6.18 Å². The van der Waals surface area contributed by atoms with Gasteiger partial charge in [-0.3, -0.25) is 4.68 Å². The monoisotopic (exact) mass is 417 g/mol. The summed E-state index contributed by atoms with van der Waals surface area (Å²) in [5.41, 5.74) is 4.92. The van der Waals surface area contributed by atoms with E-state index >= 15 is 0 Å². The van der Waals surface area contributed by atoms with Crippen LogP contribution in [0.15, 0.2) is 12.4 Å². The molecule has 2 aromatic heterocycles. The highest BCUT2D eigenvalue weighted by atomic mass is 35.5. The van der Waals surface area contributed by atoms with Crippen molar-refractivity contribution in [3.05, 3.63) is 28.9 Å². The molecule has 0 amide bonds. The fourth-order valence-corrected chi connectivity index (χ4v) is 3.04. The van der Waals surface area contributed by atoms with Gasteiger partial charge in [-0.1, -0.05) is 6.42 Å². The lowest BCUT2D eigenvalue weighted by atomic mass is 9.86. The second-order valence-electron chi connectivity index (χ2n) is 7.19. The summed E-state index contributed by atoms with van der Waals surface area (Å²) < 4.78 is 43.9. The van der Waals surface area contributed by atoms with Crippen LogP contribution in [-0.2, 0) is 6.18 Å². The summed E-state index contributed by atoms with van der Waals surface area (Å²) in [6.07, 6.45) is 6.09. The van der Waals surface area contributed by atoms with Crippen LogP contribution < -0.4 is 10.5 Å². The minimum absolute atomic E-state index is 0.305. The van der Waals surface area contributed by atoms with E-state index in [9.17, 15) is 13.2 Å². The number of halogens is 4. The largest absolute Gasteiger partial charge is 0.490 e. The Kier molecular flexibility index (Phi) is 6.32. The molecule has 28 heavy (non-hydrogen) atoms. The quantitative estimate of drug-likeness (QED) is 0.721. The Balaban J connectivity index is 0.000000169. The second kappa shape index (κ2) is 8.55. The molecule has 6 nitrogen and oxygen atoms in total. The van der Waals surface area contributed by atoms with Crippen molar-refractivity contribution in [1.82, 2.24) is 19.7 Å². The first kappa shape index (κ1) is 20.7. The molecule has 0 unspecified atom stereocenters.